The molecule has 1 rings (SSSR count). The van der Waals surface area contributed by atoms with Crippen molar-refractivity contribution in [3.63, 3.8) is 0 Å². The Morgan fingerprint density at radius 1 is 1.00 bits per heavy atom. The lowest BCUT2D eigenvalue weighted by molar-refractivity contribution is 0.580. The Kier molecular flexibility index (Phi) is 5.36. The van der Waals surface area contributed by atoms with Crippen molar-refractivity contribution in [2.45, 2.75) is 51.9 Å². The van der Waals surface area contributed by atoms with Crippen LogP contribution in [0.2, 0.25) is 0 Å². The Morgan fingerprint density at radius 3 is 2.36 bits per heavy atom. The second-order valence-corrected chi connectivity index (χ2v) is 4.16. The molecule has 0 heteroatoms. The minimum absolute atomic E-state index is 0.730. The lowest BCUT2D eigenvalue weighted by Crippen LogP contribution is -1.92. The van der Waals surface area contributed by atoms with Gasteiger partial charge in [-0.05, 0) is 17.9 Å². The summed E-state index contributed by atoms with van der Waals surface area (Å²) >= 11 is 0. The summed E-state index contributed by atoms with van der Waals surface area (Å²) in [7, 11) is 0. The predicted molar refractivity (Wildman–Crippen MR) is 63.6 cm³/mol. The van der Waals surface area contributed by atoms with Crippen molar-refractivity contribution in [1.82, 2.24) is 0 Å². The fourth-order valence-electron chi connectivity index (χ4n) is 1.83. The normalized spacial score (nSPS) is 12.7. The van der Waals surface area contributed by atoms with E-state index in [1.807, 2.05) is 0 Å². The topological polar surface area (TPSA) is 0 Å². The van der Waals surface area contributed by atoms with E-state index in [1.54, 1.807) is 0 Å². The predicted octanol–water partition coefficient (Wildman–Crippen LogP) is 4.76. The molecule has 1 atom stereocenters. The molecule has 0 N–H and O–H groups in total. The summed E-state index contributed by atoms with van der Waals surface area (Å²) in [6.07, 6.45) is 6.84. The first kappa shape index (κ1) is 11.3. The van der Waals surface area contributed by atoms with Crippen molar-refractivity contribution in [3.05, 3.63) is 35.9 Å². The molecule has 0 saturated carbocycles. The third kappa shape index (κ3) is 3.95. The van der Waals surface area contributed by atoms with Crippen molar-refractivity contribution in [1.29, 1.82) is 0 Å². The van der Waals surface area contributed by atoms with Crippen LogP contribution in [0.3, 0.4) is 0 Å². The van der Waals surface area contributed by atoms with Crippen LogP contribution in [-0.2, 0) is 0 Å². The third-order valence-electron chi connectivity index (χ3n) is 2.86. The highest BCUT2D eigenvalue weighted by atomic mass is 14.1. The molecule has 0 bridgehead atoms. The third-order valence-corrected chi connectivity index (χ3v) is 2.86. The monoisotopic (exact) mass is 190 g/mol. The molecule has 0 saturated heterocycles. The van der Waals surface area contributed by atoms with Gasteiger partial charge in [-0.15, -0.1) is 0 Å². The average Bonchev–Trinajstić information content (AvgIpc) is 2.25. The van der Waals surface area contributed by atoms with Gasteiger partial charge in [-0.2, -0.15) is 0 Å². The molecule has 78 valence electrons. The van der Waals surface area contributed by atoms with E-state index in [2.05, 4.69) is 44.2 Å². The highest BCUT2D eigenvalue weighted by Crippen LogP contribution is 2.21. The molecule has 0 unspecified atom stereocenters. The Labute approximate surface area is 88.4 Å². The standard InChI is InChI=1S/C14H22/c1-3-4-5-7-10-13(2)14-11-8-6-9-12-14/h6,8-9,11-13H,3-5,7,10H2,1-2H3/t13-/m1/s1. The van der Waals surface area contributed by atoms with Crippen LogP contribution in [0, 0.1) is 0 Å². The SMILES string of the molecule is CCCCCC[C@@H](C)c1ccccc1. The molecule has 0 aliphatic rings. The van der Waals surface area contributed by atoms with E-state index < -0.39 is 0 Å². The first-order valence-corrected chi connectivity index (χ1v) is 5.89. The number of hydrogen-bond donors (Lipinski definition) is 0. The van der Waals surface area contributed by atoms with Gasteiger partial charge >= 0.3 is 0 Å². The van der Waals surface area contributed by atoms with Gasteiger partial charge in [-0.1, -0.05) is 69.9 Å². The van der Waals surface area contributed by atoms with Crippen LogP contribution in [0.4, 0.5) is 0 Å². The summed E-state index contributed by atoms with van der Waals surface area (Å²) in [5.41, 5.74) is 1.49. The van der Waals surface area contributed by atoms with Gasteiger partial charge in [0.1, 0.15) is 0 Å². The molecule has 14 heavy (non-hydrogen) atoms. The van der Waals surface area contributed by atoms with Gasteiger partial charge < -0.3 is 0 Å². The van der Waals surface area contributed by atoms with E-state index in [1.165, 1.54) is 37.7 Å². The summed E-state index contributed by atoms with van der Waals surface area (Å²) in [5, 5.41) is 0. The van der Waals surface area contributed by atoms with Gasteiger partial charge in [0.05, 0.1) is 0 Å². The molecule has 1 aromatic carbocycles. The van der Waals surface area contributed by atoms with Crippen LogP contribution in [0.1, 0.15) is 57.4 Å². The lowest BCUT2D eigenvalue weighted by atomic mass is 9.95. The maximum atomic E-state index is 2.33. The average molecular weight is 190 g/mol. The van der Waals surface area contributed by atoms with Gasteiger partial charge in [-0.25, -0.2) is 0 Å². The number of hydrogen-bond acceptors (Lipinski definition) is 0. The number of benzene rings is 1. The van der Waals surface area contributed by atoms with Gasteiger partial charge in [0, 0.05) is 0 Å². The van der Waals surface area contributed by atoms with Crippen LogP contribution < -0.4 is 0 Å². The molecular formula is C14H22. The highest BCUT2D eigenvalue weighted by molar-refractivity contribution is 5.18. The summed E-state index contributed by atoms with van der Waals surface area (Å²) in [6, 6.07) is 10.8. The van der Waals surface area contributed by atoms with E-state index in [0.717, 1.165) is 5.92 Å². The number of unbranched alkanes of at least 4 members (excludes halogenated alkanes) is 3. The van der Waals surface area contributed by atoms with Crippen LogP contribution in [0.25, 0.3) is 0 Å². The Balaban J connectivity index is 2.25. The van der Waals surface area contributed by atoms with Crippen molar-refractivity contribution < 1.29 is 0 Å². The van der Waals surface area contributed by atoms with Crippen molar-refractivity contribution in [2.75, 3.05) is 0 Å². The van der Waals surface area contributed by atoms with Crippen LogP contribution in [0.5, 0.6) is 0 Å². The molecule has 0 spiro atoms. The second kappa shape index (κ2) is 6.64. The lowest BCUT2D eigenvalue weighted by Gasteiger charge is -2.10. The van der Waals surface area contributed by atoms with Gasteiger partial charge in [0.15, 0.2) is 0 Å². The number of rotatable bonds is 6. The van der Waals surface area contributed by atoms with E-state index in [0.29, 0.717) is 0 Å². The van der Waals surface area contributed by atoms with Crippen LogP contribution in [0.15, 0.2) is 30.3 Å². The minimum Gasteiger partial charge on any atom is -0.0654 e. The zero-order chi connectivity index (χ0) is 10.2. The quantitative estimate of drug-likeness (QED) is 0.567. The molecule has 0 aliphatic heterocycles. The highest BCUT2D eigenvalue weighted by Gasteiger charge is 2.03. The molecule has 0 aromatic heterocycles. The molecular weight excluding hydrogens is 168 g/mol. The molecule has 0 fully saturated rings. The van der Waals surface area contributed by atoms with E-state index >= 15 is 0 Å². The smallest absolute Gasteiger partial charge is 0.0190 e. The minimum atomic E-state index is 0.730. The van der Waals surface area contributed by atoms with Gasteiger partial charge in [0.25, 0.3) is 0 Å². The first-order valence-electron chi connectivity index (χ1n) is 5.89. The Hall–Kier alpha value is -0.780. The van der Waals surface area contributed by atoms with Crippen molar-refractivity contribution in [3.8, 4) is 0 Å². The molecule has 0 amide bonds. The molecule has 0 aliphatic carbocycles. The zero-order valence-corrected chi connectivity index (χ0v) is 9.50. The molecule has 0 nitrogen and oxygen atoms in total. The van der Waals surface area contributed by atoms with Gasteiger partial charge in [-0.3, -0.25) is 0 Å². The van der Waals surface area contributed by atoms with Crippen LogP contribution in [-0.4, -0.2) is 0 Å². The fraction of sp³-hybridized carbons (Fsp3) is 0.571. The van der Waals surface area contributed by atoms with Crippen molar-refractivity contribution in [2.24, 2.45) is 0 Å². The van der Waals surface area contributed by atoms with E-state index in [-0.39, 0.29) is 0 Å². The van der Waals surface area contributed by atoms with E-state index in [4.69, 9.17) is 0 Å². The second-order valence-electron chi connectivity index (χ2n) is 4.16. The molecule has 1 aromatic rings. The maximum absolute atomic E-state index is 2.33. The van der Waals surface area contributed by atoms with E-state index in [9.17, 15) is 0 Å². The Morgan fingerprint density at radius 2 is 1.71 bits per heavy atom. The summed E-state index contributed by atoms with van der Waals surface area (Å²) in [5.74, 6) is 0.730. The van der Waals surface area contributed by atoms with Gasteiger partial charge in [0.2, 0.25) is 0 Å². The molecule has 0 radical (unpaired) electrons. The summed E-state index contributed by atoms with van der Waals surface area (Å²) in [6.45, 7) is 4.60. The van der Waals surface area contributed by atoms with Crippen molar-refractivity contribution >= 4 is 0 Å². The summed E-state index contributed by atoms with van der Waals surface area (Å²) < 4.78 is 0. The van der Waals surface area contributed by atoms with Crippen LogP contribution >= 0.6 is 0 Å². The Bertz CT molecular complexity index is 225. The largest absolute Gasteiger partial charge is 0.0654 e. The fourth-order valence-corrected chi connectivity index (χ4v) is 1.83. The zero-order valence-electron chi connectivity index (χ0n) is 9.50. The first-order chi connectivity index (χ1) is 6.84. The summed E-state index contributed by atoms with van der Waals surface area (Å²) in [4.78, 5) is 0. The molecule has 0 heterocycles. The maximum Gasteiger partial charge on any atom is -0.0190 e.